The maximum atomic E-state index is 11.9. The standard InChI is InChI=1S/C15H21NO4S/c1-12(14(17)20-15(2,3)4)16-21(18,19)11-10-13-8-6-5-7-9-13/h5-12,16H,1-4H3/b11-10+/t12-/m0/s1. The first-order valence-corrected chi connectivity index (χ1v) is 8.12. The molecule has 21 heavy (non-hydrogen) atoms. The molecule has 0 aliphatic carbocycles. The molecule has 0 bridgehead atoms. The van der Waals surface area contributed by atoms with E-state index in [1.54, 1.807) is 32.9 Å². The molecule has 1 aromatic carbocycles. The molecule has 0 saturated carbocycles. The molecular formula is C15H21NO4S. The molecule has 0 fully saturated rings. The smallest absolute Gasteiger partial charge is 0.324 e. The van der Waals surface area contributed by atoms with Gasteiger partial charge in [0.25, 0.3) is 0 Å². The van der Waals surface area contributed by atoms with E-state index in [1.807, 2.05) is 18.2 Å². The molecular weight excluding hydrogens is 290 g/mol. The summed E-state index contributed by atoms with van der Waals surface area (Å²) in [4.78, 5) is 11.7. The second kappa shape index (κ2) is 6.87. The molecule has 1 atom stereocenters. The molecule has 1 N–H and O–H groups in total. The Hall–Kier alpha value is -1.66. The summed E-state index contributed by atoms with van der Waals surface area (Å²) in [7, 11) is -3.71. The van der Waals surface area contributed by atoms with Crippen molar-refractivity contribution in [3.05, 3.63) is 41.3 Å². The van der Waals surface area contributed by atoms with E-state index >= 15 is 0 Å². The van der Waals surface area contributed by atoms with Gasteiger partial charge in [-0.15, -0.1) is 0 Å². The minimum absolute atomic E-state index is 0.612. The van der Waals surface area contributed by atoms with Gasteiger partial charge in [0, 0.05) is 5.41 Å². The van der Waals surface area contributed by atoms with Gasteiger partial charge in [-0.1, -0.05) is 30.3 Å². The number of hydrogen-bond donors (Lipinski definition) is 1. The number of benzene rings is 1. The van der Waals surface area contributed by atoms with Crippen molar-refractivity contribution in [2.75, 3.05) is 0 Å². The molecule has 0 saturated heterocycles. The van der Waals surface area contributed by atoms with E-state index in [1.165, 1.54) is 13.0 Å². The molecule has 0 spiro atoms. The fraction of sp³-hybridized carbons (Fsp3) is 0.400. The number of ether oxygens (including phenoxy) is 1. The molecule has 0 aliphatic heterocycles. The second-order valence-corrected chi connectivity index (χ2v) is 7.23. The first kappa shape index (κ1) is 17.4. The highest BCUT2D eigenvalue weighted by Gasteiger charge is 2.24. The minimum atomic E-state index is -3.71. The van der Waals surface area contributed by atoms with Gasteiger partial charge in [0.1, 0.15) is 11.6 Å². The molecule has 1 rings (SSSR count). The Morgan fingerprint density at radius 2 is 1.81 bits per heavy atom. The van der Waals surface area contributed by atoms with Crippen LogP contribution in [0.1, 0.15) is 33.3 Å². The van der Waals surface area contributed by atoms with Crippen molar-refractivity contribution >= 4 is 22.1 Å². The number of nitrogens with one attached hydrogen (secondary N) is 1. The Labute approximate surface area is 126 Å². The number of rotatable bonds is 5. The molecule has 0 amide bonds. The predicted molar refractivity (Wildman–Crippen MR) is 82.8 cm³/mol. The van der Waals surface area contributed by atoms with Gasteiger partial charge in [0.2, 0.25) is 10.0 Å². The molecule has 0 heterocycles. The third kappa shape index (κ3) is 7.06. The summed E-state index contributed by atoms with van der Waals surface area (Å²) in [6.07, 6.45) is 1.46. The highest BCUT2D eigenvalue weighted by molar-refractivity contribution is 7.92. The third-order valence-electron chi connectivity index (χ3n) is 2.34. The fourth-order valence-electron chi connectivity index (χ4n) is 1.46. The van der Waals surface area contributed by atoms with Crippen LogP contribution in [0.4, 0.5) is 0 Å². The average molecular weight is 311 g/mol. The summed E-state index contributed by atoms with van der Waals surface area (Å²) in [6.45, 7) is 6.62. The maximum absolute atomic E-state index is 11.9. The molecule has 5 nitrogen and oxygen atoms in total. The molecule has 0 radical (unpaired) electrons. The van der Waals surface area contributed by atoms with Crippen LogP contribution in [0, 0.1) is 0 Å². The van der Waals surface area contributed by atoms with Crippen LogP contribution in [0.2, 0.25) is 0 Å². The van der Waals surface area contributed by atoms with Gasteiger partial charge >= 0.3 is 5.97 Å². The molecule has 0 aromatic heterocycles. The van der Waals surface area contributed by atoms with E-state index in [-0.39, 0.29) is 0 Å². The highest BCUT2D eigenvalue weighted by Crippen LogP contribution is 2.09. The molecule has 6 heteroatoms. The molecule has 1 aromatic rings. The summed E-state index contributed by atoms with van der Waals surface area (Å²) in [5.41, 5.74) is 0.101. The predicted octanol–water partition coefficient (Wildman–Crippen LogP) is 2.31. The molecule has 0 aliphatic rings. The Morgan fingerprint density at radius 3 is 2.33 bits per heavy atom. The first-order chi connectivity index (χ1) is 9.59. The summed E-state index contributed by atoms with van der Waals surface area (Å²) in [5.74, 6) is -0.612. The number of hydrogen-bond acceptors (Lipinski definition) is 4. The average Bonchev–Trinajstić information content (AvgIpc) is 2.35. The fourth-order valence-corrected chi connectivity index (χ4v) is 2.46. The summed E-state index contributed by atoms with van der Waals surface area (Å²) >= 11 is 0. The zero-order valence-electron chi connectivity index (χ0n) is 12.7. The van der Waals surface area contributed by atoms with Crippen LogP contribution in [-0.2, 0) is 19.6 Å². The summed E-state index contributed by atoms with van der Waals surface area (Å²) in [6, 6.07) is 8.07. The Balaban J connectivity index is 2.68. The van der Waals surface area contributed by atoms with E-state index in [9.17, 15) is 13.2 Å². The topological polar surface area (TPSA) is 72.5 Å². The van der Waals surface area contributed by atoms with Crippen molar-refractivity contribution in [2.24, 2.45) is 0 Å². The quantitative estimate of drug-likeness (QED) is 0.847. The highest BCUT2D eigenvalue weighted by atomic mass is 32.2. The normalized spacial score (nSPS) is 14.1. The maximum Gasteiger partial charge on any atom is 0.324 e. The van der Waals surface area contributed by atoms with Crippen molar-refractivity contribution in [3.63, 3.8) is 0 Å². The van der Waals surface area contributed by atoms with E-state index in [4.69, 9.17) is 4.74 Å². The lowest BCUT2D eigenvalue weighted by molar-refractivity contribution is -0.156. The van der Waals surface area contributed by atoms with E-state index in [2.05, 4.69) is 4.72 Å². The van der Waals surface area contributed by atoms with Crippen LogP contribution >= 0.6 is 0 Å². The second-order valence-electron chi connectivity index (χ2n) is 5.63. The number of esters is 1. The molecule has 116 valence electrons. The van der Waals surface area contributed by atoms with Gasteiger partial charge in [-0.3, -0.25) is 4.79 Å². The first-order valence-electron chi connectivity index (χ1n) is 6.57. The summed E-state index contributed by atoms with van der Waals surface area (Å²) in [5, 5.41) is 1.03. The van der Waals surface area contributed by atoms with Crippen LogP contribution in [0.25, 0.3) is 6.08 Å². The monoisotopic (exact) mass is 311 g/mol. The number of carbonyl (C=O) groups is 1. The third-order valence-corrected chi connectivity index (χ3v) is 3.52. The largest absolute Gasteiger partial charge is 0.459 e. The minimum Gasteiger partial charge on any atom is -0.459 e. The Morgan fingerprint density at radius 1 is 1.24 bits per heavy atom. The van der Waals surface area contributed by atoms with Gasteiger partial charge in [-0.05, 0) is 39.3 Å². The number of sulfonamides is 1. The van der Waals surface area contributed by atoms with Gasteiger partial charge in [-0.2, -0.15) is 4.72 Å². The zero-order chi connectivity index (χ0) is 16.1. The van der Waals surface area contributed by atoms with Crippen molar-refractivity contribution in [1.82, 2.24) is 4.72 Å². The van der Waals surface area contributed by atoms with Crippen LogP contribution in [0.5, 0.6) is 0 Å². The lowest BCUT2D eigenvalue weighted by Crippen LogP contribution is -2.41. The van der Waals surface area contributed by atoms with Crippen LogP contribution < -0.4 is 4.72 Å². The lowest BCUT2D eigenvalue weighted by Gasteiger charge is -2.22. The van der Waals surface area contributed by atoms with Gasteiger partial charge in [0.05, 0.1) is 0 Å². The van der Waals surface area contributed by atoms with Crippen molar-refractivity contribution in [1.29, 1.82) is 0 Å². The Kier molecular flexibility index (Phi) is 5.69. The van der Waals surface area contributed by atoms with Crippen LogP contribution in [-0.4, -0.2) is 26.0 Å². The lowest BCUT2D eigenvalue weighted by atomic mass is 10.2. The van der Waals surface area contributed by atoms with Gasteiger partial charge in [0.15, 0.2) is 0 Å². The van der Waals surface area contributed by atoms with E-state index in [0.29, 0.717) is 0 Å². The summed E-state index contributed by atoms with van der Waals surface area (Å²) < 4.78 is 31.1. The number of carbonyl (C=O) groups excluding carboxylic acids is 1. The Bertz CT molecular complexity index is 600. The van der Waals surface area contributed by atoms with Crippen molar-refractivity contribution in [3.8, 4) is 0 Å². The zero-order valence-corrected chi connectivity index (χ0v) is 13.5. The van der Waals surface area contributed by atoms with Crippen molar-refractivity contribution < 1.29 is 17.9 Å². The SMILES string of the molecule is C[C@H](NS(=O)(=O)/C=C/c1ccccc1)C(=O)OC(C)(C)C. The van der Waals surface area contributed by atoms with Crippen LogP contribution in [0.3, 0.4) is 0 Å². The van der Waals surface area contributed by atoms with Gasteiger partial charge in [-0.25, -0.2) is 8.42 Å². The van der Waals surface area contributed by atoms with Crippen LogP contribution in [0.15, 0.2) is 35.7 Å². The van der Waals surface area contributed by atoms with E-state index < -0.39 is 27.6 Å². The van der Waals surface area contributed by atoms with E-state index in [0.717, 1.165) is 11.0 Å². The van der Waals surface area contributed by atoms with Gasteiger partial charge < -0.3 is 4.74 Å². The molecule has 0 unspecified atom stereocenters. The van der Waals surface area contributed by atoms with Crippen molar-refractivity contribution in [2.45, 2.75) is 39.3 Å².